The van der Waals surface area contributed by atoms with E-state index in [1.807, 2.05) is 11.3 Å². The van der Waals surface area contributed by atoms with Crippen molar-refractivity contribution in [2.24, 2.45) is 0 Å². The normalized spacial score (nSPS) is 15.7. The Labute approximate surface area is 95.5 Å². The Morgan fingerprint density at radius 3 is 2.93 bits per heavy atom. The summed E-state index contributed by atoms with van der Waals surface area (Å²) < 4.78 is 0. The van der Waals surface area contributed by atoms with Crippen molar-refractivity contribution >= 4 is 11.3 Å². The largest absolute Gasteiger partial charge is 0.395 e. The second-order valence-electron chi connectivity index (χ2n) is 4.33. The van der Waals surface area contributed by atoms with Gasteiger partial charge < -0.3 is 5.11 Å². The van der Waals surface area contributed by atoms with Crippen molar-refractivity contribution in [1.82, 2.24) is 4.90 Å². The molecule has 0 aliphatic heterocycles. The highest BCUT2D eigenvalue weighted by atomic mass is 32.1. The number of hydrogen-bond acceptors (Lipinski definition) is 3. The first-order valence-electron chi connectivity index (χ1n) is 5.69. The lowest BCUT2D eigenvalue weighted by molar-refractivity contribution is 0.218. The number of nitrogens with zero attached hydrogens (tertiary/aromatic N) is 1. The highest BCUT2D eigenvalue weighted by Gasteiger charge is 2.13. The highest BCUT2D eigenvalue weighted by molar-refractivity contribution is 7.12. The molecule has 0 saturated carbocycles. The SMILES string of the molecule is CN(CCO)Cc1cc2c(s1)CCCC2. The summed E-state index contributed by atoms with van der Waals surface area (Å²) in [5, 5.41) is 8.84. The van der Waals surface area contributed by atoms with Crippen molar-refractivity contribution in [3.8, 4) is 0 Å². The van der Waals surface area contributed by atoms with Crippen LogP contribution in [0.25, 0.3) is 0 Å². The second-order valence-corrected chi connectivity index (χ2v) is 5.55. The molecule has 3 heteroatoms. The van der Waals surface area contributed by atoms with Crippen LogP contribution in [0.2, 0.25) is 0 Å². The average Bonchev–Trinajstić information content (AvgIpc) is 2.59. The standard InChI is InChI=1S/C12H19NOS/c1-13(6-7-14)9-11-8-10-4-2-3-5-12(10)15-11/h8,14H,2-7,9H2,1H3. The van der Waals surface area contributed by atoms with Crippen LogP contribution in [0.3, 0.4) is 0 Å². The number of thiophene rings is 1. The van der Waals surface area contributed by atoms with Gasteiger partial charge >= 0.3 is 0 Å². The molecule has 0 radical (unpaired) electrons. The Balaban J connectivity index is 2.00. The molecule has 1 aliphatic carbocycles. The summed E-state index contributed by atoms with van der Waals surface area (Å²) in [6.45, 7) is 2.00. The van der Waals surface area contributed by atoms with Crippen LogP contribution in [0.4, 0.5) is 0 Å². The Kier molecular flexibility index (Phi) is 3.78. The van der Waals surface area contributed by atoms with Gasteiger partial charge in [0.2, 0.25) is 0 Å². The van der Waals surface area contributed by atoms with Crippen LogP contribution in [-0.2, 0) is 19.4 Å². The summed E-state index contributed by atoms with van der Waals surface area (Å²) in [5.74, 6) is 0. The van der Waals surface area contributed by atoms with Gasteiger partial charge in [0, 0.05) is 22.8 Å². The summed E-state index contributed by atoms with van der Waals surface area (Å²) in [4.78, 5) is 5.24. The van der Waals surface area contributed by atoms with E-state index in [-0.39, 0.29) is 6.61 Å². The Morgan fingerprint density at radius 1 is 1.40 bits per heavy atom. The predicted octanol–water partition coefficient (Wildman–Crippen LogP) is 2.05. The van der Waals surface area contributed by atoms with Crippen molar-refractivity contribution in [1.29, 1.82) is 0 Å². The molecule has 1 aromatic heterocycles. The molecule has 1 N–H and O–H groups in total. The maximum Gasteiger partial charge on any atom is 0.0558 e. The fourth-order valence-corrected chi connectivity index (χ4v) is 3.49. The van der Waals surface area contributed by atoms with Gasteiger partial charge in [0.15, 0.2) is 0 Å². The molecule has 2 rings (SSSR count). The van der Waals surface area contributed by atoms with Crippen molar-refractivity contribution in [2.45, 2.75) is 32.2 Å². The first-order chi connectivity index (χ1) is 7.29. The maximum absolute atomic E-state index is 8.84. The zero-order valence-corrected chi connectivity index (χ0v) is 10.1. The van der Waals surface area contributed by atoms with E-state index in [1.54, 1.807) is 10.4 Å². The van der Waals surface area contributed by atoms with Crippen molar-refractivity contribution in [3.05, 3.63) is 21.4 Å². The molecular formula is C12H19NOS. The quantitative estimate of drug-likeness (QED) is 0.848. The fraction of sp³-hybridized carbons (Fsp3) is 0.667. The number of likely N-dealkylation sites (N-methyl/N-ethyl adjacent to an activating group) is 1. The lowest BCUT2D eigenvalue weighted by atomic mass is 9.99. The number of rotatable bonds is 4. The molecular weight excluding hydrogens is 206 g/mol. The molecule has 0 amide bonds. The van der Waals surface area contributed by atoms with Gasteiger partial charge in [-0.2, -0.15) is 0 Å². The molecule has 1 heterocycles. The summed E-state index contributed by atoms with van der Waals surface area (Å²) in [5.41, 5.74) is 1.58. The lowest BCUT2D eigenvalue weighted by Crippen LogP contribution is -2.20. The zero-order valence-electron chi connectivity index (χ0n) is 9.33. The number of fused-ring (bicyclic) bond motifs is 1. The van der Waals surface area contributed by atoms with E-state index in [0.29, 0.717) is 0 Å². The highest BCUT2D eigenvalue weighted by Crippen LogP contribution is 2.30. The summed E-state index contributed by atoms with van der Waals surface area (Å²) >= 11 is 1.97. The van der Waals surface area contributed by atoms with E-state index in [1.165, 1.54) is 30.6 Å². The minimum Gasteiger partial charge on any atom is -0.395 e. The third-order valence-corrected chi connectivity index (χ3v) is 4.18. The second kappa shape index (κ2) is 5.10. The van der Waals surface area contributed by atoms with Gasteiger partial charge in [0.05, 0.1) is 6.61 Å². The molecule has 0 fully saturated rings. The molecule has 15 heavy (non-hydrogen) atoms. The molecule has 0 saturated heterocycles. The molecule has 0 atom stereocenters. The van der Waals surface area contributed by atoms with Gasteiger partial charge in [-0.15, -0.1) is 11.3 Å². The minimum absolute atomic E-state index is 0.252. The number of aryl methyl sites for hydroxylation is 2. The van der Waals surface area contributed by atoms with Gasteiger partial charge in [-0.3, -0.25) is 4.90 Å². The fourth-order valence-electron chi connectivity index (χ4n) is 2.15. The average molecular weight is 225 g/mol. The Hall–Kier alpha value is -0.380. The molecule has 1 aromatic rings. The molecule has 0 bridgehead atoms. The first kappa shape index (κ1) is 11.1. The molecule has 2 nitrogen and oxygen atoms in total. The topological polar surface area (TPSA) is 23.5 Å². The summed E-state index contributed by atoms with van der Waals surface area (Å²) in [6, 6.07) is 2.37. The van der Waals surface area contributed by atoms with Gasteiger partial charge in [0.25, 0.3) is 0 Å². The zero-order chi connectivity index (χ0) is 10.7. The molecule has 0 unspecified atom stereocenters. The van der Waals surface area contributed by atoms with Gasteiger partial charge in [-0.05, 0) is 44.4 Å². The molecule has 1 aliphatic rings. The first-order valence-corrected chi connectivity index (χ1v) is 6.51. The van der Waals surface area contributed by atoms with Crippen LogP contribution in [0.15, 0.2) is 6.07 Å². The lowest BCUT2D eigenvalue weighted by Gasteiger charge is -2.12. The smallest absolute Gasteiger partial charge is 0.0558 e. The van der Waals surface area contributed by atoms with E-state index in [0.717, 1.165) is 13.1 Å². The third kappa shape index (κ3) is 2.80. The Morgan fingerprint density at radius 2 is 2.20 bits per heavy atom. The van der Waals surface area contributed by atoms with Gasteiger partial charge in [-0.25, -0.2) is 0 Å². The summed E-state index contributed by atoms with van der Waals surface area (Å²) in [6.07, 6.45) is 5.27. The van der Waals surface area contributed by atoms with Crippen molar-refractivity contribution < 1.29 is 5.11 Å². The predicted molar refractivity (Wildman–Crippen MR) is 64.4 cm³/mol. The van der Waals surface area contributed by atoms with E-state index in [4.69, 9.17) is 5.11 Å². The number of aliphatic hydroxyl groups excluding tert-OH is 1. The minimum atomic E-state index is 0.252. The number of hydrogen-bond donors (Lipinski definition) is 1. The van der Waals surface area contributed by atoms with Crippen LogP contribution in [0, 0.1) is 0 Å². The van der Waals surface area contributed by atoms with Crippen LogP contribution in [-0.4, -0.2) is 30.2 Å². The van der Waals surface area contributed by atoms with E-state index < -0.39 is 0 Å². The van der Waals surface area contributed by atoms with E-state index in [2.05, 4.69) is 18.0 Å². The van der Waals surface area contributed by atoms with Gasteiger partial charge in [0.1, 0.15) is 0 Å². The number of aliphatic hydroxyl groups is 1. The molecule has 0 aromatic carbocycles. The van der Waals surface area contributed by atoms with Crippen LogP contribution in [0.1, 0.15) is 28.2 Å². The molecule has 84 valence electrons. The maximum atomic E-state index is 8.84. The van der Waals surface area contributed by atoms with Gasteiger partial charge in [-0.1, -0.05) is 0 Å². The van der Waals surface area contributed by atoms with E-state index >= 15 is 0 Å². The van der Waals surface area contributed by atoms with Crippen LogP contribution in [0.5, 0.6) is 0 Å². The molecule has 0 spiro atoms. The van der Waals surface area contributed by atoms with E-state index in [9.17, 15) is 0 Å². The Bertz CT molecular complexity index is 298. The van der Waals surface area contributed by atoms with Crippen LogP contribution >= 0.6 is 11.3 Å². The van der Waals surface area contributed by atoms with Crippen LogP contribution < -0.4 is 0 Å². The summed E-state index contributed by atoms with van der Waals surface area (Å²) in [7, 11) is 2.06. The third-order valence-electron chi connectivity index (χ3n) is 2.96. The van der Waals surface area contributed by atoms with Crippen molar-refractivity contribution in [3.63, 3.8) is 0 Å². The van der Waals surface area contributed by atoms with Crippen molar-refractivity contribution in [2.75, 3.05) is 20.2 Å². The monoisotopic (exact) mass is 225 g/mol.